The van der Waals surface area contributed by atoms with Gasteiger partial charge in [0.25, 0.3) is 0 Å². The van der Waals surface area contributed by atoms with Crippen LogP contribution in [-0.4, -0.2) is 84.7 Å². The Bertz CT molecular complexity index is 1020. The molecule has 0 aromatic heterocycles. The molecule has 4 rings (SSSR count). The number of hydrogen-bond donors (Lipinski definition) is 2. The van der Waals surface area contributed by atoms with Crippen LogP contribution in [0.1, 0.15) is 53.4 Å². The van der Waals surface area contributed by atoms with Gasteiger partial charge in [0, 0.05) is 57.4 Å². The largest absolute Gasteiger partial charge is 0.444 e. The van der Waals surface area contributed by atoms with E-state index in [4.69, 9.17) is 4.74 Å². The zero-order chi connectivity index (χ0) is 27.6. The summed E-state index contributed by atoms with van der Waals surface area (Å²) >= 11 is 0. The Morgan fingerprint density at radius 3 is 2.18 bits per heavy atom. The van der Waals surface area contributed by atoms with Crippen LogP contribution in [0.4, 0.5) is 25.0 Å². The number of nitrogens with one attached hydrogen (secondary N) is 2. The van der Waals surface area contributed by atoms with Gasteiger partial charge in [-0.1, -0.05) is 0 Å². The third kappa shape index (κ3) is 6.73. The van der Waals surface area contributed by atoms with Crippen molar-refractivity contribution in [3.05, 3.63) is 23.8 Å². The minimum absolute atomic E-state index is 0.0585. The van der Waals surface area contributed by atoms with E-state index in [2.05, 4.69) is 22.5 Å². The highest BCUT2D eigenvalue weighted by molar-refractivity contribution is 6.01. The summed E-state index contributed by atoms with van der Waals surface area (Å²) in [7, 11) is 0. The number of piperidine rings is 2. The standard InChI is InChI=1S/C27H39F2N5O4/c1-17(18-7-9-34(10-8-18)26(37)38-27(2,3)4)32-11-13-33(14-12-32)24-20(28)15-19(16-21(24)29)30-22-5-6-23(35)31-25(22)36/h15-18,22,30H,5-14H2,1-4H3,(H,31,35,36)/t17-,22?/m0/s1. The number of carbonyl (C=O) groups is 3. The van der Waals surface area contributed by atoms with E-state index in [0.29, 0.717) is 51.2 Å². The molecule has 1 unspecified atom stereocenters. The summed E-state index contributed by atoms with van der Waals surface area (Å²) in [5.74, 6) is -1.77. The normalized spacial score (nSPS) is 22.7. The van der Waals surface area contributed by atoms with Crippen LogP contribution in [0, 0.1) is 17.6 Å². The van der Waals surface area contributed by atoms with Crippen molar-refractivity contribution in [1.82, 2.24) is 15.1 Å². The minimum Gasteiger partial charge on any atom is -0.444 e. The molecule has 3 fully saturated rings. The molecule has 3 amide bonds. The number of rotatable bonds is 5. The number of ether oxygens (including phenoxy) is 1. The molecule has 1 aromatic rings. The van der Waals surface area contributed by atoms with Crippen LogP contribution >= 0.6 is 0 Å². The molecule has 0 bridgehead atoms. The predicted molar refractivity (Wildman–Crippen MR) is 140 cm³/mol. The third-order valence-electron chi connectivity index (χ3n) is 7.68. The van der Waals surface area contributed by atoms with Gasteiger partial charge in [0.15, 0.2) is 11.6 Å². The van der Waals surface area contributed by atoms with Gasteiger partial charge < -0.3 is 19.9 Å². The van der Waals surface area contributed by atoms with Gasteiger partial charge in [-0.25, -0.2) is 13.6 Å². The third-order valence-corrected chi connectivity index (χ3v) is 7.68. The summed E-state index contributed by atoms with van der Waals surface area (Å²) in [4.78, 5) is 41.5. The lowest BCUT2D eigenvalue weighted by Crippen LogP contribution is -2.53. The maximum atomic E-state index is 15.0. The number of halogens is 2. The van der Waals surface area contributed by atoms with Gasteiger partial charge in [-0.15, -0.1) is 0 Å². The van der Waals surface area contributed by atoms with Crippen molar-refractivity contribution in [2.24, 2.45) is 5.92 Å². The van der Waals surface area contributed by atoms with Crippen LogP contribution in [-0.2, 0) is 14.3 Å². The van der Waals surface area contributed by atoms with E-state index in [0.717, 1.165) is 12.8 Å². The zero-order valence-corrected chi connectivity index (χ0v) is 22.7. The molecule has 11 heteroatoms. The zero-order valence-electron chi connectivity index (χ0n) is 22.7. The monoisotopic (exact) mass is 535 g/mol. The average Bonchev–Trinajstić information content (AvgIpc) is 2.84. The average molecular weight is 536 g/mol. The molecular weight excluding hydrogens is 496 g/mol. The fraction of sp³-hybridized carbons (Fsp3) is 0.667. The van der Waals surface area contributed by atoms with E-state index in [-0.39, 0.29) is 36.2 Å². The highest BCUT2D eigenvalue weighted by Gasteiger charge is 2.33. The number of nitrogens with zero attached hydrogens (tertiary/aromatic N) is 3. The molecule has 9 nitrogen and oxygen atoms in total. The molecule has 0 aliphatic carbocycles. The van der Waals surface area contributed by atoms with Crippen LogP contribution in [0.15, 0.2) is 12.1 Å². The maximum absolute atomic E-state index is 15.0. The topological polar surface area (TPSA) is 94.2 Å². The number of hydrogen-bond acceptors (Lipinski definition) is 7. The van der Waals surface area contributed by atoms with Crippen molar-refractivity contribution in [2.75, 3.05) is 49.5 Å². The van der Waals surface area contributed by atoms with Gasteiger partial charge in [0.2, 0.25) is 11.8 Å². The van der Waals surface area contributed by atoms with E-state index in [9.17, 15) is 14.4 Å². The van der Waals surface area contributed by atoms with Gasteiger partial charge in [-0.05, 0) is 65.0 Å². The number of benzene rings is 1. The second kappa shape index (κ2) is 11.4. The molecule has 0 saturated carbocycles. The fourth-order valence-electron chi connectivity index (χ4n) is 5.53. The number of likely N-dealkylation sites (tertiary alicyclic amines) is 1. The molecule has 1 aromatic carbocycles. The van der Waals surface area contributed by atoms with E-state index >= 15 is 8.78 Å². The quantitative estimate of drug-likeness (QED) is 0.559. The Hall–Kier alpha value is -2.95. The van der Waals surface area contributed by atoms with Gasteiger partial charge in [0.1, 0.15) is 17.3 Å². The summed E-state index contributed by atoms with van der Waals surface area (Å²) in [6, 6.07) is 2.00. The fourth-order valence-corrected chi connectivity index (χ4v) is 5.53. The molecule has 3 aliphatic rings. The van der Waals surface area contributed by atoms with Crippen LogP contribution in [0.5, 0.6) is 0 Å². The van der Waals surface area contributed by atoms with E-state index in [1.165, 1.54) is 12.1 Å². The Kier molecular flexibility index (Phi) is 8.44. The maximum Gasteiger partial charge on any atom is 0.410 e. The van der Waals surface area contributed by atoms with Crippen LogP contribution in [0.25, 0.3) is 0 Å². The minimum atomic E-state index is -0.710. The first-order chi connectivity index (χ1) is 17.9. The molecular formula is C27H39F2N5O4. The predicted octanol–water partition coefficient (Wildman–Crippen LogP) is 3.34. The molecule has 2 atom stereocenters. The first-order valence-electron chi connectivity index (χ1n) is 13.5. The van der Waals surface area contributed by atoms with Gasteiger partial charge >= 0.3 is 6.09 Å². The second-order valence-electron chi connectivity index (χ2n) is 11.5. The molecule has 210 valence electrons. The molecule has 3 saturated heterocycles. The van der Waals surface area contributed by atoms with E-state index < -0.39 is 29.2 Å². The van der Waals surface area contributed by atoms with Crippen molar-refractivity contribution in [1.29, 1.82) is 0 Å². The number of imide groups is 1. The van der Waals surface area contributed by atoms with Crippen molar-refractivity contribution in [3.63, 3.8) is 0 Å². The first-order valence-corrected chi connectivity index (χ1v) is 13.5. The Morgan fingerprint density at radius 1 is 1.03 bits per heavy atom. The molecule has 3 aliphatic heterocycles. The van der Waals surface area contributed by atoms with Crippen molar-refractivity contribution in [2.45, 2.75) is 71.1 Å². The highest BCUT2D eigenvalue weighted by Crippen LogP contribution is 2.31. The number of anilines is 2. The first kappa shape index (κ1) is 28.1. The summed E-state index contributed by atoms with van der Waals surface area (Å²) in [6.07, 6.45) is 1.98. The lowest BCUT2D eigenvalue weighted by molar-refractivity contribution is -0.133. The Labute approximate surface area is 222 Å². The molecule has 38 heavy (non-hydrogen) atoms. The lowest BCUT2D eigenvalue weighted by Gasteiger charge is -2.44. The summed E-state index contributed by atoms with van der Waals surface area (Å²) in [6.45, 7) is 11.5. The number of piperazine rings is 1. The Balaban J connectivity index is 1.29. The molecule has 0 spiro atoms. The molecule has 2 N–H and O–H groups in total. The van der Waals surface area contributed by atoms with Crippen molar-refractivity contribution in [3.8, 4) is 0 Å². The van der Waals surface area contributed by atoms with Crippen molar-refractivity contribution >= 4 is 29.3 Å². The second-order valence-corrected chi connectivity index (χ2v) is 11.5. The summed E-state index contributed by atoms with van der Waals surface area (Å²) in [5, 5.41) is 5.07. The summed E-state index contributed by atoms with van der Waals surface area (Å²) < 4.78 is 35.5. The van der Waals surface area contributed by atoms with Gasteiger partial charge in [-0.2, -0.15) is 0 Å². The molecule has 0 radical (unpaired) electrons. The number of amides is 3. The van der Waals surface area contributed by atoms with Crippen LogP contribution in [0.2, 0.25) is 0 Å². The van der Waals surface area contributed by atoms with Gasteiger partial charge in [-0.3, -0.25) is 19.8 Å². The smallest absolute Gasteiger partial charge is 0.410 e. The Morgan fingerprint density at radius 2 is 1.63 bits per heavy atom. The van der Waals surface area contributed by atoms with Crippen molar-refractivity contribution < 1.29 is 27.9 Å². The summed E-state index contributed by atoms with van der Waals surface area (Å²) in [5.41, 5.74) is -0.399. The van der Waals surface area contributed by atoms with E-state index in [1.54, 1.807) is 9.80 Å². The van der Waals surface area contributed by atoms with Crippen LogP contribution in [0.3, 0.4) is 0 Å². The molecule has 3 heterocycles. The van der Waals surface area contributed by atoms with Crippen LogP contribution < -0.4 is 15.5 Å². The lowest BCUT2D eigenvalue weighted by atomic mass is 9.89. The number of carbonyl (C=O) groups excluding carboxylic acids is 3. The SMILES string of the molecule is C[C@@H](C1CCN(C(=O)OC(C)(C)C)CC1)N1CCN(c2c(F)cc(NC3CCC(=O)NC3=O)cc2F)CC1. The highest BCUT2D eigenvalue weighted by atomic mass is 19.1. The van der Waals surface area contributed by atoms with E-state index in [1.807, 2.05) is 20.8 Å². The van der Waals surface area contributed by atoms with Gasteiger partial charge in [0.05, 0.1) is 0 Å².